The molecular weight excluding hydrogens is 245 g/mol. The minimum Gasteiger partial charge on any atom is -0.423 e. The van der Waals surface area contributed by atoms with E-state index in [0.29, 0.717) is 11.1 Å². The van der Waals surface area contributed by atoms with E-state index in [1.54, 1.807) is 6.07 Å². The van der Waals surface area contributed by atoms with Crippen LogP contribution in [0, 0.1) is 0 Å². The molecule has 18 heavy (non-hydrogen) atoms. The lowest BCUT2D eigenvalue weighted by Crippen LogP contribution is -2.09. The van der Waals surface area contributed by atoms with Crippen LogP contribution in [0.4, 0.5) is 13.2 Å². The number of rotatable bonds is 2. The average molecular weight is 254 g/mol. The van der Waals surface area contributed by atoms with Crippen molar-refractivity contribution >= 4 is 0 Å². The molecule has 94 valence electrons. The minimum absolute atomic E-state index is 0.0401. The van der Waals surface area contributed by atoms with Gasteiger partial charge in [0.1, 0.15) is 0 Å². The molecule has 2 aromatic rings. The maximum Gasteiger partial charge on any atom is 0.416 e. The Morgan fingerprint density at radius 3 is 2.56 bits per heavy atom. The van der Waals surface area contributed by atoms with Crippen molar-refractivity contribution in [1.29, 1.82) is 0 Å². The second-order valence-corrected chi connectivity index (χ2v) is 4.32. The zero-order chi connectivity index (χ0) is 12.8. The third-order valence-corrected chi connectivity index (χ3v) is 2.98. The predicted molar refractivity (Wildman–Crippen MR) is 56.7 cm³/mol. The molecule has 0 unspecified atom stereocenters. The largest absolute Gasteiger partial charge is 0.423 e. The van der Waals surface area contributed by atoms with Crippen LogP contribution in [0.5, 0.6) is 0 Å². The van der Waals surface area contributed by atoms with Gasteiger partial charge in [-0.05, 0) is 36.5 Å². The highest BCUT2D eigenvalue weighted by Crippen LogP contribution is 2.46. The smallest absolute Gasteiger partial charge is 0.416 e. The summed E-state index contributed by atoms with van der Waals surface area (Å²) in [5, 5.41) is 7.08. The second kappa shape index (κ2) is 3.83. The van der Waals surface area contributed by atoms with E-state index in [1.807, 2.05) is 0 Å². The van der Waals surface area contributed by atoms with Crippen LogP contribution < -0.4 is 0 Å². The summed E-state index contributed by atoms with van der Waals surface area (Å²) in [6, 6.07) is 4.19. The van der Waals surface area contributed by atoms with E-state index in [0.717, 1.165) is 25.3 Å². The maximum atomic E-state index is 13.0. The van der Waals surface area contributed by atoms with Crippen molar-refractivity contribution in [3.05, 3.63) is 35.7 Å². The molecule has 0 amide bonds. The van der Waals surface area contributed by atoms with Crippen molar-refractivity contribution in [2.45, 2.75) is 24.9 Å². The number of hydrogen-bond donors (Lipinski definition) is 0. The summed E-state index contributed by atoms with van der Waals surface area (Å²) in [6.45, 7) is 0. The topological polar surface area (TPSA) is 38.9 Å². The summed E-state index contributed by atoms with van der Waals surface area (Å²) in [6.07, 6.45) is -1.61. The van der Waals surface area contributed by atoms with Gasteiger partial charge in [-0.15, -0.1) is 10.2 Å². The number of alkyl halides is 3. The first-order valence-electron chi connectivity index (χ1n) is 5.53. The normalized spacial score (nSPS) is 15.9. The summed E-state index contributed by atoms with van der Waals surface area (Å²) in [5.41, 5.74) is 0.0655. The van der Waals surface area contributed by atoms with Crippen LogP contribution >= 0.6 is 0 Å². The van der Waals surface area contributed by atoms with Gasteiger partial charge in [-0.2, -0.15) is 13.2 Å². The van der Waals surface area contributed by atoms with Crippen molar-refractivity contribution in [3.63, 3.8) is 0 Å². The van der Waals surface area contributed by atoms with Crippen molar-refractivity contribution in [3.8, 4) is 11.5 Å². The van der Waals surface area contributed by atoms with E-state index < -0.39 is 11.7 Å². The van der Waals surface area contributed by atoms with Crippen LogP contribution in [-0.4, -0.2) is 10.2 Å². The number of benzene rings is 1. The van der Waals surface area contributed by atoms with E-state index in [4.69, 9.17) is 4.42 Å². The van der Waals surface area contributed by atoms with Gasteiger partial charge in [0.05, 0.1) is 5.56 Å². The van der Waals surface area contributed by atoms with Gasteiger partial charge < -0.3 is 4.42 Å². The zero-order valence-electron chi connectivity index (χ0n) is 9.24. The van der Waals surface area contributed by atoms with Crippen molar-refractivity contribution in [2.24, 2.45) is 0 Å². The molecule has 0 N–H and O–H groups in total. The molecule has 0 atom stereocenters. The van der Waals surface area contributed by atoms with Crippen LogP contribution in [0.15, 0.2) is 29.0 Å². The fraction of sp³-hybridized carbons (Fsp3) is 0.333. The molecule has 1 saturated carbocycles. The zero-order valence-corrected chi connectivity index (χ0v) is 9.24. The molecular formula is C12H9F3N2O. The maximum absolute atomic E-state index is 13.0. The summed E-state index contributed by atoms with van der Waals surface area (Å²) >= 11 is 0. The lowest BCUT2D eigenvalue weighted by atomic mass is 10.00. The second-order valence-electron chi connectivity index (χ2n) is 4.32. The van der Waals surface area contributed by atoms with E-state index in [9.17, 15) is 13.2 Å². The molecule has 0 bridgehead atoms. The number of aromatic nitrogens is 2. The fourth-order valence-corrected chi connectivity index (χ4v) is 1.98. The fourth-order valence-electron chi connectivity index (χ4n) is 1.98. The molecule has 1 aliphatic carbocycles. The Kier molecular flexibility index (Phi) is 2.39. The van der Waals surface area contributed by atoms with E-state index in [-0.39, 0.29) is 11.8 Å². The van der Waals surface area contributed by atoms with Crippen molar-refractivity contribution in [2.75, 3.05) is 0 Å². The molecule has 6 heteroatoms. The van der Waals surface area contributed by atoms with E-state index in [1.165, 1.54) is 6.07 Å². The number of halogens is 3. The summed E-state index contributed by atoms with van der Waals surface area (Å²) < 4.78 is 43.9. The number of hydrogen-bond acceptors (Lipinski definition) is 3. The van der Waals surface area contributed by atoms with Crippen LogP contribution in [0.3, 0.4) is 0 Å². The Morgan fingerprint density at radius 1 is 1.22 bits per heavy atom. The molecule has 3 rings (SSSR count). The first-order valence-corrected chi connectivity index (χ1v) is 5.53. The standard InChI is InChI=1S/C12H9F3N2O/c13-12(14,15)10-5-8(11-17-16-6-18-11)3-4-9(10)7-1-2-7/h3-7H,1-2H2. The van der Waals surface area contributed by atoms with Crippen LogP contribution in [-0.2, 0) is 6.18 Å². The monoisotopic (exact) mass is 254 g/mol. The molecule has 0 radical (unpaired) electrons. The van der Waals surface area contributed by atoms with Crippen molar-refractivity contribution < 1.29 is 17.6 Å². The molecule has 1 heterocycles. The molecule has 1 aliphatic rings. The number of nitrogens with zero attached hydrogens (tertiary/aromatic N) is 2. The third-order valence-electron chi connectivity index (χ3n) is 2.98. The molecule has 1 fully saturated rings. The Bertz CT molecular complexity index is 559. The van der Waals surface area contributed by atoms with Crippen LogP contribution in [0.2, 0.25) is 0 Å². The van der Waals surface area contributed by atoms with Gasteiger partial charge in [0.25, 0.3) is 0 Å². The average Bonchev–Trinajstić information content (AvgIpc) is 3.02. The Morgan fingerprint density at radius 2 is 2.00 bits per heavy atom. The Hall–Kier alpha value is -1.85. The highest BCUT2D eigenvalue weighted by molar-refractivity contribution is 5.56. The van der Waals surface area contributed by atoms with Crippen molar-refractivity contribution in [1.82, 2.24) is 10.2 Å². The lowest BCUT2D eigenvalue weighted by molar-refractivity contribution is -0.138. The minimum atomic E-state index is -4.35. The quantitative estimate of drug-likeness (QED) is 0.821. The molecule has 0 spiro atoms. The first kappa shape index (κ1) is 11.3. The molecule has 3 nitrogen and oxygen atoms in total. The Balaban J connectivity index is 2.10. The molecule has 1 aromatic heterocycles. The highest BCUT2D eigenvalue weighted by atomic mass is 19.4. The van der Waals surface area contributed by atoms with Gasteiger partial charge >= 0.3 is 6.18 Å². The lowest BCUT2D eigenvalue weighted by Gasteiger charge is -2.13. The predicted octanol–water partition coefficient (Wildman–Crippen LogP) is 3.63. The summed E-state index contributed by atoms with van der Waals surface area (Å²) in [4.78, 5) is 0. The Labute approximate surface area is 101 Å². The van der Waals surface area contributed by atoms with Gasteiger partial charge in [0.2, 0.25) is 12.3 Å². The van der Waals surface area contributed by atoms with Gasteiger partial charge in [-0.25, -0.2) is 0 Å². The van der Waals surface area contributed by atoms with E-state index >= 15 is 0 Å². The van der Waals surface area contributed by atoms with E-state index in [2.05, 4.69) is 10.2 Å². The van der Waals surface area contributed by atoms with Gasteiger partial charge in [0.15, 0.2) is 0 Å². The van der Waals surface area contributed by atoms with Crippen LogP contribution in [0.25, 0.3) is 11.5 Å². The first-order chi connectivity index (χ1) is 8.55. The van der Waals surface area contributed by atoms with Gasteiger partial charge in [-0.3, -0.25) is 0 Å². The van der Waals surface area contributed by atoms with Crippen LogP contribution in [0.1, 0.15) is 29.9 Å². The summed E-state index contributed by atoms with van der Waals surface area (Å²) in [7, 11) is 0. The molecule has 1 aromatic carbocycles. The van der Waals surface area contributed by atoms with Gasteiger partial charge in [0, 0.05) is 5.56 Å². The molecule has 0 aliphatic heterocycles. The SMILES string of the molecule is FC(F)(F)c1cc(-c2nnco2)ccc1C1CC1. The summed E-state index contributed by atoms with van der Waals surface area (Å²) in [5.74, 6) is 0.140. The highest BCUT2D eigenvalue weighted by Gasteiger charge is 2.38. The molecule has 0 saturated heterocycles. The third kappa shape index (κ3) is 1.98. The van der Waals surface area contributed by atoms with Gasteiger partial charge in [-0.1, -0.05) is 6.07 Å².